The molecule has 1 nitrogen and oxygen atoms in total. The third-order valence-electron chi connectivity index (χ3n) is 3.59. The Hall–Kier alpha value is 0.250. The van der Waals surface area contributed by atoms with Crippen LogP contribution in [0.2, 0.25) is 0 Å². The zero-order valence-electron chi connectivity index (χ0n) is 6.74. The maximum Gasteiger partial charge on any atom is 0.00254 e. The quantitative estimate of drug-likeness (QED) is 0.572. The van der Waals surface area contributed by atoms with E-state index in [-0.39, 0.29) is 12.4 Å². The Kier molecular flexibility index (Phi) is 1.77. The zero-order valence-corrected chi connectivity index (χ0v) is 7.55. The molecule has 0 aromatic rings. The van der Waals surface area contributed by atoms with Crippen molar-refractivity contribution < 1.29 is 0 Å². The first-order valence-corrected chi connectivity index (χ1v) is 3.87. The molecule has 2 fully saturated rings. The van der Waals surface area contributed by atoms with Crippen molar-refractivity contribution in [2.24, 2.45) is 10.8 Å². The van der Waals surface area contributed by atoms with Gasteiger partial charge in [-0.15, -0.1) is 12.4 Å². The monoisotopic (exact) mass is 161 g/mol. The predicted molar refractivity (Wildman–Crippen MR) is 45.6 cm³/mol. The molecule has 0 bridgehead atoms. The number of hydrogen-bond donors (Lipinski definition) is 1. The SMILES string of the molecule is CC1(C)CCC12CNC2.Cl. The molecule has 1 N–H and O–H groups in total. The van der Waals surface area contributed by atoms with Crippen molar-refractivity contribution in [3.63, 3.8) is 0 Å². The van der Waals surface area contributed by atoms with Gasteiger partial charge in [0.1, 0.15) is 0 Å². The summed E-state index contributed by atoms with van der Waals surface area (Å²) < 4.78 is 0. The molecule has 2 aliphatic rings. The molecule has 1 heterocycles. The highest BCUT2D eigenvalue weighted by Crippen LogP contribution is 2.58. The van der Waals surface area contributed by atoms with E-state index in [1.54, 1.807) is 0 Å². The molecule has 1 aliphatic heterocycles. The number of nitrogens with one attached hydrogen (secondary N) is 1. The van der Waals surface area contributed by atoms with Gasteiger partial charge in [0.2, 0.25) is 0 Å². The third kappa shape index (κ3) is 0.737. The Bertz CT molecular complexity index is 133. The lowest BCUT2D eigenvalue weighted by atomic mass is 9.48. The Morgan fingerprint density at radius 3 is 1.70 bits per heavy atom. The lowest BCUT2D eigenvalue weighted by Gasteiger charge is -2.62. The summed E-state index contributed by atoms with van der Waals surface area (Å²) in [6, 6.07) is 0. The van der Waals surface area contributed by atoms with Crippen LogP contribution in [0.25, 0.3) is 0 Å². The van der Waals surface area contributed by atoms with E-state index in [2.05, 4.69) is 19.2 Å². The van der Waals surface area contributed by atoms with Crippen molar-refractivity contribution in [2.45, 2.75) is 26.7 Å². The molecule has 1 aliphatic carbocycles. The molecule has 2 heteroatoms. The predicted octanol–water partition coefficient (Wildman–Crippen LogP) is 1.82. The molecular formula is C8H16ClN. The number of halogens is 1. The second kappa shape index (κ2) is 2.12. The molecule has 1 spiro atoms. The van der Waals surface area contributed by atoms with Crippen molar-refractivity contribution in [3.05, 3.63) is 0 Å². The number of rotatable bonds is 0. The third-order valence-corrected chi connectivity index (χ3v) is 3.59. The van der Waals surface area contributed by atoms with E-state index >= 15 is 0 Å². The second-order valence-electron chi connectivity index (χ2n) is 4.27. The summed E-state index contributed by atoms with van der Waals surface area (Å²) in [5.41, 5.74) is 1.38. The molecule has 0 unspecified atom stereocenters. The van der Waals surface area contributed by atoms with Gasteiger partial charge in [-0.1, -0.05) is 13.8 Å². The second-order valence-corrected chi connectivity index (χ2v) is 4.27. The molecule has 0 radical (unpaired) electrons. The van der Waals surface area contributed by atoms with Crippen molar-refractivity contribution in [2.75, 3.05) is 13.1 Å². The Balaban J connectivity index is 0.000000500. The van der Waals surface area contributed by atoms with Crippen LogP contribution >= 0.6 is 12.4 Å². The molecule has 1 saturated heterocycles. The molecule has 1 saturated carbocycles. The maximum atomic E-state index is 3.36. The molecular weight excluding hydrogens is 146 g/mol. The Morgan fingerprint density at radius 1 is 1.10 bits per heavy atom. The lowest BCUT2D eigenvalue weighted by molar-refractivity contribution is -0.0923. The van der Waals surface area contributed by atoms with Crippen LogP contribution in [0.15, 0.2) is 0 Å². The van der Waals surface area contributed by atoms with E-state index in [4.69, 9.17) is 0 Å². The van der Waals surface area contributed by atoms with Crippen LogP contribution in [-0.2, 0) is 0 Å². The largest absolute Gasteiger partial charge is 0.315 e. The van der Waals surface area contributed by atoms with E-state index < -0.39 is 0 Å². The highest BCUT2D eigenvalue weighted by molar-refractivity contribution is 5.85. The van der Waals surface area contributed by atoms with E-state index in [1.807, 2.05) is 0 Å². The first-order valence-electron chi connectivity index (χ1n) is 3.87. The zero-order chi connectivity index (χ0) is 6.54. The normalized spacial score (nSPS) is 31.8. The molecule has 0 aromatic heterocycles. The minimum Gasteiger partial charge on any atom is -0.315 e. The van der Waals surface area contributed by atoms with Crippen LogP contribution in [0.5, 0.6) is 0 Å². The van der Waals surface area contributed by atoms with Gasteiger partial charge in [-0.25, -0.2) is 0 Å². The smallest absolute Gasteiger partial charge is 0.00254 e. The van der Waals surface area contributed by atoms with Crippen molar-refractivity contribution >= 4 is 12.4 Å². The Morgan fingerprint density at radius 2 is 1.70 bits per heavy atom. The fourth-order valence-electron chi connectivity index (χ4n) is 2.06. The highest BCUT2D eigenvalue weighted by atomic mass is 35.5. The average Bonchev–Trinajstić information content (AvgIpc) is 1.59. The molecule has 0 aromatic carbocycles. The summed E-state index contributed by atoms with van der Waals surface area (Å²) in [6.07, 6.45) is 2.90. The van der Waals surface area contributed by atoms with Gasteiger partial charge in [0, 0.05) is 18.5 Å². The first kappa shape index (κ1) is 8.35. The van der Waals surface area contributed by atoms with Crippen LogP contribution in [0.1, 0.15) is 26.7 Å². The van der Waals surface area contributed by atoms with E-state index in [1.165, 1.54) is 25.9 Å². The molecule has 10 heavy (non-hydrogen) atoms. The van der Waals surface area contributed by atoms with Gasteiger partial charge in [0.25, 0.3) is 0 Å². The molecule has 0 amide bonds. The summed E-state index contributed by atoms with van der Waals surface area (Å²) in [5.74, 6) is 0. The van der Waals surface area contributed by atoms with E-state index in [0.717, 1.165) is 5.41 Å². The van der Waals surface area contributed by atoms with Gasteiger partial charge in [-0.3, -0.25) is 0 Å². The van der Waals surface area contributed by atoms with Gasteiger partial charge in [-0.05, 0) is 18.3 Å². The number of hydrogen-bond acceptors (Lipinski definition) is 1. The summed E-state index contributed by atoms with van der Waals surface area (Å²) in [6.45, 7) is 7.36. The molecule has 60 valence electrons. The minimum absolute atomic E-state index is 0. The minimum atomic E-state index is 0. The Labute approximate surface area is 69.0 Å². The first-order chi connectivity index (χ1) is 4.16. The van der Waals surface area contributed by atoms with E-state index in [0.29, 0.717) is 5.41 Å². The van der Waals surface area contributed by atoms with Crippen LogP contribution in [0, 0.1) is 10.8 Å². The standard InChI is InChI=1S/C8H15N.ClH/c1-7(2)3-4-8(7)5-9-6-8;/h9H,3-6H2,1-2H3;1H. The van der Waals surface area contributed by atoms with E-state index in [9.17, 15) is 0 Å². The summed E-state index contributed by atoms with van der Waals surface area (Å²) >= 11 is 0. The topological polar surface area (TPSA) is 12.0 Å². The summed E-state index contributed by atoms with van der Waals surface area (Å²) in [7, 11) is 0. The van der Waals surface area contributed by atoms with Gasteiger partial charge in [0.15, 0.2) is 0 Å². The lowest BCUT2D eigenvalue weighted by Crippen LogP contribution is -2.66. The van der Waals surface area contributed by atoms with Crippen LogP contribution in [0.4, 0.5) is 0 Å². The summed E-state index contributed by atoms with van der Waals surface area (Å²) in [4.78, 5) is 0. The van der Waals surface area contributed by atoms with Crippen LogP contribution < -0.4 is 5.32 Å². The fraction of sp³-hybridized carbons (Fsp3) is 1.00. The van der Waals surface area contributed by atoms with Crippen LogP contribution in [-0.4, -0.2) is 13.1 Å². The summed E-state index contributed by atoms with van der Waals surface area (Å²) in [5, 5.41) is 3.36. The van der Waals surface area contributed by atoms with Gasteiger partial charge < -0.3 is 5.32 Å². The van der Waals surface area contributed by atoms with Crippen LogP contribution in [0.3, 0.4) is 0 Å². The van der Waals surface area contributed by atoms with Gasteiger partial charge in [0.05, 0.1) is 0 Å². The maximum absolute atomic E-state index is 3.36. The van der Waals surface area contributed by atoms with Crippen molar-refractivity contribution in [3.8, 4) is 0 Å². The van der Waals surface area contributed by atoms with Gasteiger partial charge >= 0.3 is 0 Å². The highest BCUT2D eigenvalue weighted by Gasteiger charge is 2.55. The average molecular weight is 162 g/mol. The van der Waals surface area contributed by atoms with Crippen molar-refractivity contribution in [1.82, 2.24) is 5.32 Å². The van der Waals surface area contributed by atoms with Gasteiger partial charge in [-0.2, -0.15) is 0 Å². The fourth-order valence-corrected chi connectivity index (χ4v) is 2.06. The molecule has 2 rings (SSSR count). The van der Waals surface area contributed by atoms with Crippen molar-refractivity contribution in [1.29, 1.82) is 0 Å². The molecule has 0 atom stereocenters.